The molecule has 0 saturated heterocycles. The molecule has 2 rings (SSSR count). The molecule has 0 aliphatic carbocycles. The highest BCUT2D eigenvalue weighted by molar-refractivity contribution is 9.11. The minimum Gasteiger partial charge on any atom is -0.495 e. The first-order chi connectivity index (χ1) is 9.92. The van der Waals surface area contributed by atoms with Gasteiger partial charge in [-0.3, -0.25) is 4.79 Å². The number of amides is 1. The van der Waals surface area contributed by atoms with Crippen molar-refractivity contribution in [1.82, 2.24) is 0 Å². The van der Waals surface area contributed by atoms with E-state index in [1.54, 1.807) is 25.3 Å². The molecule has 0 radical (unpaired) electrons. The zero-order valence-corrected chi connectivity index (χ0v) is 14.3. The monoisotopic (exact) mass is 413 g/mol. The van der Waals surface area contributed by atoms with E-state index in [9.17, 15) is 4.79 Å². The summed E-state index contributed by atoms with van der Waals surface area (Å²) in [5.41, 5.74) is 13.4. The van der Waals surface area contributed by atoms with Crippen molar-refractivity contribution in [3.05, 3.63) is 44.8 Å². The van der Waals surface area contributed by atoms with E-state index < -0.39 is 5.91 Å². The Kier molecular flexibility index (Phi) is 4.74. The zero-order valence-electron chi connectivity index (χ0n) is 11.1. The maximum absolute atomic E-state index is 11.2. The zero-order chi connectivity index (χ0) is 15.6. The number of carbonyl (C=O) groups excluding carboxylic acids is 1. The molecule has 2 aromatic carbocycles. The SMILES string of the molecule is COc1cc(Nc2cc(C(N)=O)ccc2N)c(Br)cc1Br. The predicted molar refractivity (Wildman–Crippen MR) is 91.0 cm³/mol. The third kappa shape index (κ3) is 3.48. The van der Waals surface area contributed by atoms with Crippen molar-refractivity contribution in [1.29, 1.82) is 0 Å². The average Bonchev–Trinajstić information content (AvgIpc) is 2.43. The van der Waals surface area contributed by atoms with E-state index in [-0.39, 0.29) is 0 Å². The highest BCUT2D eigenvalue weighted by Crippen LogP contribution is 2.37. The Bertz CT molecular complexity index is 705. The Morgan fingerprint density at radius 3 is 2.48 bits per heavy atom. The minimum absolute atomic E-state index is 0.381. The molecule has 0 spiro atoms. The first-order valence-corrected chi connectivity index (χ1v) is 7.50. The second kappa shape index (κ2) is 6.36. The van der Waals surface area contributed by atoms with Crippen molar-refractivity contribution in [3.63, 3.8) is 0 Å². The molecule has 21 heavy (non-hydrogen) atoms. The summed E-state index contributed by atoms with van der Waals surface area (Å²) in [6, 6.07) is 8.49. The summed E-state index contributed by atoms with van der Waals surface area (Å²) in [6.45, 7) is 0. The topological polar surface area (TPSA) is 90.4 Å². The fraction of sp³-hybridized carbons (Fsp3) is 0.0714. The number of carbonyl (C=O) groups is 1. The third-order valence-electron chi connectivity index (χ3n) is 2.85. The van der Waals surface area contributed by atoms with Crippen molar-refractivity contribution >= 4 is 54.8 Å². The van der Waals surface area contributed by atoms with Crippen molar-refractivity contribution in [2.45, 2.75) is 0 Å². The van der Waals surface area contributed by atoms with Crippen LogP contribution in [0.2, 0.25) is 0 Å². The number of nitrogen functional groups attached to an aromatic ring is 1. The van der Waals surface area contributed by atoms with Crippen LogP contribution in [0.15, 0.2) is 39.3 Å². The van der Waals surface area contributed by atoms with E-state index in [1.165, 1.54) is 0 Å². The van der Waals surface area contributed by atoms with Gasteiger partial charge >= 0.3 is 0 Å². The Balaban J connectivity index is 2.42. The number of methoxy groups -OCH3 is 1. The molecule has 0 aliphatic rings. The molecule has 2 aromatic rings. The molecule has 0 heterocycles. The quantitative estimate of drug-likeness (QED) is 0.666. The maximum Gasteiger partial charge on any atom is 0.248 e. The van der Waals surface area contributed by atoms with Gasteiger partial charge in [-0.05, 0) is 56.1 Å². The number of rotatable bonds is 4. The normalized spacial score (nSPS) is 10.2. The van der Waals surface area contributed by atoms with E-state index in [4.69, 9.17) is 16.2 Å². The molecule has 0 fully saturated rings. The van der Waals surface area contributed by atoms with Crippen LogP contribution in [0.25, 0.3) is 0 Å². The number of hydrogen-bond donors (Lipinski definition) is 3. The summed E-state index contributed by atoms with van der Waals surface area (Å²) in [5.74, 6) is 0.163. The van der Waals surface area contributed by atoms with E-state index in [2.05, 4.69) is 37.2 Å². The van der Waals surface area contributed by atoms with Gasteiger partial charge in [0.2, 0.25) is 5.91 Å². The van der Waals surface area contributed by atoms with Crippen LogP contribution in [0.3, 0.4) is 0 Å². The van der Waals surface area contributed by atoms with Crippen molar-refractivity contribution in [2.24, 2.45) is 5.73 Å². The van der Waals surface area contributed by atoms with Gasteiger partial charge in [0.25, 0.3) is 0 Å². The Labute approximate surface area is 138 Å². The van der Waals surface area contributed by atoms with Crippen LogP contribution in [-0.2, 0) is 0 Å². The first kappa shape index (κ1) is 15.7. The number of benzene rings is 2. The molecule has 0 aromatic heterocycles. The highest BCUT2D eigenvalue weighted by Gasteiger charge is 2.10. The van der Waals surface area contributed by atoms with Crippen molar-refractivity contribution in [3.8, 4) is 5.75 Å². The number of halogens is 2. The summed E-state index contributed by atoms with van der Waals surface area (Å²) in [6.07, 6.45) is 0. The van der Waals surface area contributed by atoms with Gasteiger partial charge in [-0.15, -0.1) is 0 Å². The van der Waals surface area contributed by atoms with Gasteiger partial charge in [-0.1, -0.05) is 0 Å². The van der Waals surface area contributed by atoms with Crippen molar-refractivity contribution in [2.75, 3.05) is 18.2 Å². The van der Waals surface area contributed by atoms with Gasteiger partial charge in [-0.25, -0.2) is 0 Å². The van der Waals surface area contributed by atoms with E-state index >= 15 is 0 Å². The molecule has 0 atom stereocenters. The largest absolute Gasteiger partial charge is 0.495 e. The summed E-state index contributed by atoms with van der Waals surface area (Å²) >= 11 is 6.86. The molecule has 5 N–H and O–H groups in total. The molecule has 5 nitrogen and oxygen atoms in total. The summed E-state index contributed by atoms with van der Waals surface area (Å²) in [5, 5.41) is 3.16. The van der Waals surface area contributed by atoms with Crippen LogP contribution in [0.4, 0.5) is 17.1 Å². The van der Waals surface area contributed by atoms with Gasteiger partial charge in [0.15, 0.2) is 0 Å². The van der Waals surface area contributed by atoms with E-state index in [0.717, 1.165) is 14.6 Å². The molecule has 110 valence electrons. The lowest BCUT2D eigenvalue weighted by Gasteiger charge is -2.14. The Morgan fingerprint density at radius 1 is 1.14 bits per heavy atom. The van der Waals surface area contributed by atoms with E-state index in [1.807, 2.05) is 12.1 Å². The molecule has 0 unspecified atom stereocenters. The summed E-state index contributed by atoms with van der Waals surface area (Å²) < 4.78 is 6.90. The number of ether oxygens (including phenoxy) is 1. The summed E-state index contributed by atoms with van der Waals surface area (Å²) in [4.78, 5) is 11.2. The molecule has 1 amide bonds. The number of nitrogens with two attached hydrogens (primary N) is 2. The highest BCUT2D eigenvalue weighted by atomic mass is 79.9. The van der Waals surface area contributed by atoms with Crippen LogP contribution in [-0.4, -0.2) is 13.0 Å². The average molecular weight is 415 g/mol. The number of hydrogen-bond acceptors (Lipinski definition) is 4. The number of primary amides is 1. The Hall–Kier alpha value is -1.73. The molecule has 0 saturated carbocycles. The second-order valence-corrected chi connectivity index (χ2v) is 5.97. The molecular weight excluding hydrogens is 402 g/mol. The van der Waals surface area contributed by atoms with Gasteiger partial charge in [0.1, 0.15) is 5.75 Å². The predicted octanol–water partition coefficient (Wildman–Crippen LogP) is 3.64. The van der Waals surface area contributed by atoms with Gasteiger partial charge in [-0.2, -0.15) is 0 Å². The Morgan fingerprint density at radius 2 is 1.86 bits per heavy atom. The van der Waals surface area contributed by atoms with Gasteiger partial charge in [0, 0.05) is 16.1 Å². The van der Waals surface area contributed by atoms with Crippen LogP contribution < -0.4 is 21.5 Å². The van der Waals surface area contributed by atoms with Gasteiger partial charge in [0.05, 0.1) is 28.6 Å². The van der Waals surface area contributed by atoms with Crippen molar-refractivity contribution < 1.29 is 9.53 Å². The van der Waals surface area contributed by atoms with E-state index in [0.29, 0.717) is 22.7 Å². The first-order valence-electron chi connectivity index (χ1n) is 5.91. The molecule has 7 heteroatoms. The molecule has 0 aliphatic heterocycles. The van der Waals surface area contributed by atoms with Gasteiger partial charge < -0.3 is 21.5 Å². The third-order valence-corrected chi connectivity index (χ3v) is 4.12. The van der Waals surface area contributed by atoms with Crippen LogP contribution in [0, 0.1) is 0 Å². The number of nitrogens with one attached hydrogen (secondary N) is 1. The standard InChI is InChI=1S/C14H13Br2N3O2/c1-21-13-6-11(8(15)5-9(13)16)19-12-4-7(14(18)20)2-3-10(12)17/h2-6,19H,17H2,1H3,(H2,18,20). The second-order valence-electron chi connectivity index (χ2n) is 4.26. The van der Waals surface area contributed by atoms with Crippen LogP contribution in [0.1, 0.15) is 10.4 Å². The van der Waals surface area contributed by atoms with Crippen LogP contribution in [0.5, 0.6) is 5.75 Å². The maximum atomic E-state index is 11.2. The fourth-order valence-electron chi connectivity index (χ4n) is 1.74. The molecular formula is C14H13Br2N3O2. The summed E-state index contributed by atoms with van der Waals surface area (Å²) in [7, 11) is 1.58. The lowest BCUT2D eigenvalue weighted by Crippen LogP contribution is -2.11. The van der Waals surface area contributed by atoms with Crippen LogP contribution >= 0.6 is 31.9 Å². The number of anilines is 3. The molecule has 0 bridgehead atoms. The fourth-order valence-corrected chi connectivity index (χ4v) is 3.00. The minimum atomic E-state index is -0.509. The smallest absolute Gasteiger partial charge is 0.248 e. The lowest BCUT2D eigenvalue weighted by molar-refractivity contribution is 0.100. The lowest BCUT2D eigenvalue weighted by atomic mass is 10.1.